The molecule has 3 heterocycles. The highest BCUT2D eigenvalue weighted by atomic mass is 16.5. The van der Waals surface area contributed by atoms with Crippen molar-refractivity contribution in [2.45, 2.75) is 58.7 Å². The van der Waals surface area contributed by atoms with Crippen molar-refractivity contribution < 1.29 is 24.2 Å². The molecule has 2 aromatic rings. The third-order valence-electron chi connectivity index (χ3n) is 5.68. The minimum atomic E-state index is -0.548. The summed E-state index contributed by atoms with van der Waals surface area (Å²) in [7, 11) is 1.32. The van der Waals surface area contributed by atoms with Gasteiger partial charge in [-0.2, -0.15) is 0 Å². The quantitative estimate of drug-likeness (QED) is 0.522. The summed E-state index contributed by atoms with van der Waals surface area (Å²) in [6.07, 6.45) is 4.15. The Bertz CT molecular complexity index is 936. The van der Waals surface area contributed by atoms with Crippen molar-refractivity contribution in [2.24, 2.45) is 5.92 Å². The van der Waals surface area contributed by atoms with Gasteiger partial charge in [-0.3, -0.25) is 4.79 Å². The summed E-state index contributed by atoms with van der Waals surface area (Å²) in [4.78, 5) is 30.1. The maximum absolute atomic E-state index is 12.8. The fourth-order valence-electron chi connectivity index (χ4n) is 3.67. The smallest absolute Gasteiger partial charge is 0.356 e. The molecule has 0 unspecified atom stereocenters. The predicted octanol–water partition coefficient (Wildman–Crippen LogP) is 2.78. The molecule has 9 heteroatoms. The van der Waals surface area contributed by atoms with Gasteiger partial charge in [0.25, 0.3) is 0 Å². The predicted molar refractivity (Wildman–Crippen MR) is 118 cm³/mol. The first kappa shape index (κ1) is 23.0. The van der Waals surface area contributed by atoms with Crippen LogP contribution in [0.15, 0.2) is 12.3 Å². The van der Waals surface area contributed by atoms with Crippen LogP contribution in [0.25, 0.3) is 11.0 Å². The fraction of sp³-hybridized carbons (Fsp3) is 0.591. The van der Waals surface area contributed by atoms with Crippen molar-refractivity contribution in [3.05, 3.63) is 18.0 Å². The molecule has 170 valence electrons. The number of hydrogen-bond acceptors (Lipinski definition) is 7. The summed E-state index contributed by atoms with van der Waals surface area (Å²) in [6.45, 7) is 6.71. The van der Waals surface area contributed by atoms with Crippen LogP contribution in [0.1, 0.15) is 50.5 Å². The zero-order valence-corrected chi connectivity index (χ0v) is 18.6. The summed E-state index contributed by atoms with van der Waals surface area (Å²) in [5.74, 6) is -0.940. The van der Waals surface area contributed by atoms with Gasteiger partial charge >= 0.3 is 5.97 Å². The number of aliphatic hydroxyl groups excluding tert-OH is 1. The van der Waals surface area contributed by atoms with Crippen LogP contribution < -0.4 is 10.6 Å². The lowest BCUT2D eigenvalue weighted by Crippen LogP contribution is -2.23. The summed E-state index contributed by atoms with van der Waals surface area (Å²) in [6, 6.07) is 1.66. The number of pyridine rings is 1. The van der Waals surface area contributed by atoms with E-state index in [9.17, 15) is 14.7 Å². The maximum Gasteiger partial charge on any atom is 0.356 e. The molecule has 1 fully saturated rings. The number of carbonyl (C=O) groups is 2. The zero-order chi connectivity index (χ0) is 22.5. The lowest BCUT2D eigenvalue weighted by atomic mass is 10.1. The number of aromatic nitrogens is 2. The Morgan fingerprint density at radius 1 is 1.42 bits per heavy atom. The molecule has 31 heavy (non-hydrogen) atoms. The number of fused-ring (bicyclic) bond motifs is 1. The molecule has 0 aromatic carbocycles. The topological polar surface area (TPSA) is 115 Å². The molecule has 3 atom stereocenters. The van der Waals surface area contributed by atoms with E-state index in [2.05, 4.69) is 15.6 Å². The third kappa shape index (κ3) is 4.99. The van der Waals surface area contributed by atoms with Crippen LogP contribution in [0.4, 0.5) is 11.4 Å². The third-order valence-corrected chi connectivity index (χ3v) is 5.68. The Morgan fingerprint density at radius 2 is 2.19 bits per heavy atom. The number of amides is 1. The van der Waals surface area contributed by atoms with E-state index in [1.54, 1.807) is 10.8 Å². The van der Waals surface area contributed by atoms with E-state index >= 15 is 0 Å². The largest absolute Gasteiger partial charge is 0.464 e. The van der Waals surface area contributed by atoms with E-state index in [-0.39, 0.29) is 36.3 Å². The van der Waals surface area contributed by atoms with Crippen LogP contribution in [-0.2, 0) is 20.8 Å². The van der Waals surface area contributed by atoms with Crippen molar-refractivity contribution >= 4 is 34.3 Å². The van der Waals surface area contributed by atoms with Crippen molar-refractivity contribution in [1.29, 1.82) is 0 Å². The second kappa shape index (κ2) is 10.1. The van der Waals surface area contributed by atoms with Gasteiger partial charge in [0, 0.05) is 24.0 Å². The van der Waals surface area contributed by atoms with E-state index in [1.165, 1.54) is 7.11 Å². The van der Waals surface area contributed by atoms with Gasteiger partial charge in [0.05, 0.1) is 43.9 Å². The van der Waals surface area contributed by atoms with Gasteiger partial charge < -0.3 is 29.8 Å². The van der Waals surface area contributed by atoms with Crippen LogP contribution in [0.2, 0.25) is 0 Å². The first-order chi connectivity index (χ1) is 14.9. The molecule has 1 amide bonds. The number of anilines is 2. The van der Waals surface area contributed by atoms with E-state index in [0.717, 1.165) is 12.8 Å². The summed E-state index contributed by atoms with van der Waals surface area (Å²) in [5, 5.41) is 16.1. The van der Waals surface area contributed by atoms with Crippen LogP contribution in [0.3, 0.4) is 0 Å². The van der Waals surface area contributed by atoms with Crippen molar-refractivity contribution in [3.8, 4) is 0 Å². The molecule has 9 nitrogen and oxygen atoms in total. The summed E-state index contributed by atoms with van der Waals surface area (Å²) >= 11 is 0. The number of methoxy groups -OCH3 is 1. The number of carbonyl (C=O) groups excluding carboxylic acids is 2. The van der Waals surface area contributed by atoms with Gasteiger partial charge in [-0.05, 0) is 32.3 Å². The monoisotopic (exact) mass is 432 g/mol. The van der Waals surface area contributed by atoms with Gasteiger partial charge in [0.2, 0.25) is 5.91 Å². The SMILES string of the molecule is CC[C@H](C)C(=O)Nc1c(C(=O)OC)n(C[C@H]2CCCO2)c2ncc(N[C@@H](C)CO)cc12. The second-order valence-corrected chi connectivity index (χ2v) is 8.08. The molecule has 1 aliphatic heterocycles. The van der Waals surface area contributed by atoms with Gasteiger partial charge in [0.1, 0.15) is 5.65 Å². The molecule has 0 saturated carbocycles. The van der Waals surface area contributed by atoms with Crippen LogP contribution in [0.5, 0.6) is 0 Å². The molecule has 0 aliphatic carbocycles. The number of esters is 1. The van der Waals surface area contributed by atoms with Gasteiger partial charge in [-0.25, -0.2) is 9.78 Å². The van der Waals surface area contributed by atoms with Crippen molar-refractivity contribution in [1.82, 2.24) is 9.55 Å². The maximum atomic E-state index is 12.8. The molecular formula is C22H32N4O5. The average molecular weight is 433 g/mol. The fourth-order valence-corrected chi connectivity index (χ4v) is 3.67. The van der Waals surface area contributed by atoms with E-state index in [4.69, 9.17) is 9.47 Å². The number of nitrogens with zero attached hydrogens (tertiary/aromatic N) is 2. The molecule has 0 spiro atoms. The lowest BCUT2D eigenvalue weighted by Gasteiger charge is -2.15. The number of rotatable bonds is 9. The van der Waals surface area contributed by atoms with E-state index in [1.807, 2.05) is 26.8 Å². The van der Waals surface area contributed by atoms with Crippen LogP contribution in [0, 0.1) is 5.92 Å². The molecule has 2 aromatic heterocycles. The van der Waals surface area contributed by atoms with Crippen LogP contribution >= 0.6 is 0 Å². The minimum Gasteiger partial charge on any atom is -0.464 e. The number of hydrogen-bond donors (Lipinski definition) is 3. The molecular weight excluding hydrogens is 400 g/mol. The standard InChI is InChI=1S/C22H32N4O5/c1-5-13(2)21(28)25-18-17-9-15(24-14(3)12-27)10-23-20(17)26(19(18)22(29)30-4)11-16-7-6-8-31-16/h9-10,13-14,16,24,27H,5-8,11-12H2,1-4H3,(H,25,28)/t13-,14-,16+/m0/s1. The average Bonchev–Trinajstić information content (AvgIpc) is 3.39. The van der Waals surface area contributed by atoms with Crippen molar-refractivity contribution in [2.75, 3.05) is 31.0 Å². The van der Waals surface area contributed by atoms with Crippen molar-refractivity contribution in [3.63, 3.8) is 0 Å². The lowest BCUT2D eigenvalue weighted by molar-refractivity contribution is -0.119. The number of nitrogens with one attached hydrogen (secondary N) is 2. The molecule has 0 radical (unpaired) electrons. The Balaban J connectivity index is 2.16. The Morgan fingerprint density at radius 3 is 2.81 bits per heavy atom. The van der Waals surface area contributed by atoms with Crippen LogP contribution in [-0.4, -0.2) is 59.0 Å². The highest BCUT2D eigenvalue weighted by molar-refractivity contribution is 6.11. The highest BCUT2D eigenvalue weighted by Crippen LogP contribution is 2.34. The Kier molecular flexibility index (Phi) is 7.50. The zero-order valence-electron chi connectivity index (χ0n) is 18.6. The number of aliphatic hydroxyl groups is 1. The van der Waals surface area contributed by atoms with Gasteiger partial charge in [-0.15, -0.1) is 0 Å². The van der Waals surface area contributed by atoms with E-state index < -0.39 is 5.97 Å². The highest BCUT2D eigenvalue weighted by Gasteiger charge is 2.29. The molecule has 3 N–H and O–H groups in total. The molecule has 0 bridgehead atoms. The molecule has 3 rings (SSSR count). The summed E-state index contributed by atoms with van der Waals surface area (Å²) in [5.41, 5.74) is 1.89. The molecule has 1 aliphatic rings. The Hall–Kier alpha value is -2.65. The summed E-state index contributed by atoms with van der Waals surface area (Å²) < 4.78 is 12.6. The van der Waals surface area contributed by atoms with Gasteiger partial charge in [-0.1, -0.05) is 13.8 Å². The Labute approximate surface area is 182 Å². The second-order valence-electron chi connectivity index (χ2n) is 8.08. The first-order valence-electron chi connectivity index (χ1n) is 10.8. The van der Waals surface area contributed by atoms with E-state index in [0.29, 0.717) is 42.0 Å². The normalized spacial score (nSPS) is 18.0. The van der Waals surface area contributed by atoms with Gasteiger partial charge in [0.15, 0.2) is 5.69 Å². The minimum absolute atomic E-state index is 0.0360. The molecule has 1 saturated heterocycles. The number of ether oxygens (including phenoxy) is 2. The first-order valence-corrected chi connectivity index (χ1v) is 10.8.